The molecule has 0 atom stereocenters. The van der Waals surface area contributed by atoms with Crippen LogP contribution in [-0.4, -0.2) is 32.2 Å². The molecule has 2 heterocycles. The van der Waals surface area contributed by atoms with Gasteiger partial charge in [-0.15, -0.1) is 11.3 Å². The maximum Gasteiger partial charge on any atom is 0.231 e. The fourth-order valence-corrected chi connectivity index (χ4v) is 4.16. The third-order valence-electron chi connectivity index (χ3n) is 4.81. The molecule has 5 nitrogen and oxygen atoms in total. The Morgan fingerprint density at radius 1 is 1.11 bits per heavy atom. The molecule has 0 aliphatic carbocycles. The third kappa shape index (κ3) is 3.28. The van der Waals surface area contributed by atoms with Gasteiger partial charge in [0.25, 0.3) is 0 Å². The number of rotatable bonds is 5. The maximum absolute atomic E-state index is 11.9. The summed E-state index contributed by atoms with van der Waals surface area (Å²) in [5.74, 6) is 1.58. The van der Waals surface area contributed by atoms with E-state index in [1.807, 2.05) is 37.4 Å². The van der Waals surface area contributed by atoms with Crippen molar-refractivity contribution < 1.29 is 14.3 Å². The SMILES string of the molecule is COc1ccc(Cc2nc(-c3ccc4c(c3)CC(=O)N4C)cs2)cc1OC. The van der Waals surface area contributed by atoms with Crippen LogP contribution in [0.5, 0.6) is 11.5 Å². The summed E-state index contributed by atoms with van der Waals surface area (Å²) in [6.07, 6.45) is 1.19. The lowest BCUT2D eigenvalue weighted by Gasteiger charge is -2.10. The average Bonchev–Trinajstić information content (AvgIpc) is 3.26. The number of aromatic nitrogens is 1. The summed E-state index contributed by atoms with van der Waals surface area (Å²) in [4.78, 5) is 18.4. The Morgan fingerprint density at radius 2 is 1.93 bits per heavy atom. The van der Waals surface area contributed by atoms with Crippen molar-refractivity contribution in [2.24, 2.45) is 0 Å². The largest absolute Gasteiger partial charge is 0.493 e. The molecule has 1 amide bonds. The van der Waals surface area contributed by atoms with Crippen LogP contribution < -0.4 is 14.4 Å². The van der Waals surface area contributed by atoms with Crippen LogP contribution in [-0.2, 0) is 17.6 Å². The molecule has 0 saturated carbocycles. The van der Waals surface area contributed by atoms with E-state index in [4.69, 9.17) is 14.5 Å². The highest BCUT2D eigenvalue weighted by Gasteiger charge is 2.24. The second kappa shape index (κ2) is 7.04. The number of amides is 1. The second-order valence-electron chi connectivity index (χ2n) is 6.47. The Bertz CT molecular complexity index is 1010. The summed E-state index contributed by atoms with van der Waals surface area (Å²) in [5, 5.41) is 3.10. The van der Waals surface area contributed by atoms with Gasteiger partial charge in [0.05, 0.1) is 31.3 Å². The first-order valence-electron chi connectivity index (χ1n) is 8.64. The van der Waals surface area contributed by atoms with E-state index in [-0.39, 0.29) is 5.91 Å². The van der Waals surface area contributed by atoms with Gasteiger partial charge in [0.1, 0.15) is 0 Å². The van der Waals surface area contributed by atoms with E-state index >= 15 is 0 Å². The van der Waals surface area contributed by atoms with Crippen molar-refractivity contribution in [2.45, 2.75) is 12.8 Å². The Balaban J connectivity index is 1.56. The van der Waals surface area contributed by atoms with Gasteiger partial charge in [-0.25, -0.2) is 4.98 Å². The number of benzene rings is 2. The number of anilines is 1. The molecule has 0 N–H and O–H groups in total. The molecule has 2 aromatic carbocycles. The molecule has 6 heteroatoms. The molecule has 1 aromatic heterocycles. The zero-order valence-corrected chi connectivity index (χ0v) is 16.3. The van der Waals surface area contributed by atoms with E-state index < -0.39 is 0 Å². The van der Waals surface area contributed by atoms with Gasteiger partial charge in [-0.05, 0) is 35.4 Å². The van der Waals surface area contributed by atoms with Gasteiger partial charge < -0.3 is 14.4 Å². The van der Waals surface area contributed by atoms with Crippen molar-refractivity contribution in [2.75, 3.05) is 26.2 Å². The fraction of sp³-hybridized carbons (Fsp3) is 0.238. The highest BCUT2D eigenvalue weighted by atomic mass is 32.1. The van der Waals surface area contributed by atoms with Gasteiger partial charge in [-0.2, -0.15) is 0 Å². The van der Waals surface area contributed by atoms with Crippen LogP contribution in [0.4, 0.5) is 5.69 Å². The summed E-state index contributed by atoms with van der Waals surface area (Å²) >= 11 is 1.64. The number of fused-ring (bicyclic) bond motifs is 1. The lowest BCUT2D eigenvalue weighted by molar-refractivity contribution is -0.117. The molecule has 1 aliphatic rings. The molecule has 0 spiro atoms. The molecule has 4 rings (SSSR count). The summed E-state index contributed by atoms with van der Waals surface area (Å²) in [5.41, 5.74) is 5.17. The molecule has 0 fully saturated rings. The number of hydrogen-bond acceptors (Lipinski definition) is 5. The first-order valence-corrected chi connectivity index (χ1v) is 9.52. The van der Waals surface area contributed by atoms with Gasteiger partial charge >= 0.3 is 0 Å². The molecule has 0 saturated heterocycles. The van der Waals surface area contributed by atoms with E-state index in [2.05, 4.69) is 11.4 Å². The summed E-state index contributed by atoms with van der Waals surface area (Å²) in [6, 6.07) is 12.0. The maximum atomic E-state index is 11.9. The smallest absolute Gasteiger partial charge is 0.231 e. The number of hydrogen-bond donors (Lipinski definition) is 0. The lowest BCUT2D eigenvalue weighted by Crippen LogP contribution is -2.20. The number of nitrogens with zero attached hydrogens (tertiary/aromatic N) is 2. The van der Waals surface area contributed by atoms with Gasteiger partial charge in [0, 0.05) is 30.1 Å². The Labute approximate surface area is 162 Å². The monoisotopic (exact) mass is 380 g/mol. The van der Waals surface area contributed by atoms with Crippen LogP contribution in [0.2, 0.25) is 0 Å². The van der Waals surface area contributed by atoms with E-state index in [1.54, 1.807) is 30.5 Å². The summed E-state index contributed by atoms with van der Waals surface area (Å²) in [6.45, 7) is 0. The second-order valence-corrected chi connectivity index (χ2v) is 7.41. The van der Waals surface area contributed by atoms with Gasteiger partial charge in [-0.1, -0.05) is 12.1 Å². The van der Waals surface area contributed by atoms with Gasteiger partial charge in [0.2, 0.25) is 5.91 Å². The molecule has 0 radical (unpaired) electrons. The molecule has 138 valence electrons. The fourth-order valence-electron chi connectivity index (χ4n) is 3.32. The number of likely N-dealkylation sites (N-methyl/N-ethyl adjacent to an activating group) is 1. The van der Waals surface area contributed by atoms with E-state index in [0.717, 1.165) is 51.0 Å². The van der Waals surface area contributed by atoms with Crippen LogP contribution in [0.25, 0.3) is 11.3 Å². The predicted octanol–water partition coefficient (Wildman–Crippen LogP) is 3.94. The molecule has 0 bridgehead atoms. The van der Waals surface area contributed by atoms with Gasteiger partial charge in [-0.3, -0.25) is 4.79 Å². The van der Waals surface area contributed by atoms with Crippen molar-refractivity contribution in [1.82, 2.24) is 4.98 Å². The minimum absolute atomic E-state index is 0.134. The highest BCUT2D eigenvalue weighted by molar-refractivity contribution is 7.10. The number of carbonyl (C=O) groups is 1. The lowest BCUT2D eigenvalue weighted by atomic mass is 10.1. The predicted molar refractivity (Wildman–Crippen MR) is 107 cm³/mol. The number of carbonyl (C=O) groups excluding carboxylic acids is 1. The molecule has 1 aliphatic heterocycles. The first kappa shape index (κ1) is 17.5. The highest BCUT2D eigenvalue weighted by Crippen LogP contribution is 2.33. The molecule has 27 heavy (non-hydrogen) atoms. The Morgan fingerprint density at radius 3 is 2.70 bits per heavy atom. The quantitative estimate of drug-likeness (QED) is 0.673. The zero-order chi connectivity index (χ0) is 19.0. The molecule has 0 unspecified atom stereocenters. The minimum Gasteiger partial charge on any atom is -0.493 e. The van der Waals surface area contributed by atoms with Crippen molar-refractivity contribution in [3.63, 3.8) is 0 Å². The third-order valence-corrected chi connectivity index (χ3v) is 5.66. The molecular weight excluding hydrogens is 360 g/mol. The summed E-state index contributed by atoms with van der Waals surface area (Å²) < 4.78 is 10.7. The number of methoxy groups -OCH3 is 2. The normalized spacial score (nSPS) is 13.0. The summed E-state index contributed by atoms with van der Waals surface area (Å²) in [7, 11) is 5.09. The van der Waals surface area contributed by atoms with Crippen molar-refractivity contribution in [3.05, 3.63) is 57.9 Å². The van der Waals surface area contributed by atoms with Crippen molar-refractivity contribution in [3.8, 4) is 22.8 Å². The van der Waals surface area contributed by atoms with Gasteiger partial charge in [0.15, 0.2) is 11.5 Å². The average molecular weight is 380 g/mol. The van der Waals surface area contributed by atoms with Crippen LogP contribution in [0.1, 0.15) is 16.1 Å². The molecular formula is C21H20N2O3S. The minimum atomic E-state index is 0.134. The molecule has 3 aromatic rings. The Hall–Kier alpha value is -2.86. The Kier molecular flexibility index (Phi) is 4.58. The number of ether oxygens (including phenoxy) is 2. The van der Waals surface area contributed by atoms with Crippen LogP contribution >= 0.6 is 11.3 Å². The van der Waals surface area contributed by atoms with E-state index in [9.17, 15) is 4.79 Å². The number of thiazole rings is 1. The van der Waals surface area contributed by atoms with Crippen LogP contribution in [0, 0.1) is 0 Å². The standard InChI is InChI=1S/C21H20N2O3S/c1-23-17-6-5-14(10-15(17)11-21(23)24)16-12-27-20(22-16)9-13-4-7-18(25-2)19(8-13)26-3/h4-8,10,12H,9,11H2,1-3H3. The van der Waals surface area contributed by atoms with E-state index in [1.165, 1.54) is 0 Å². The van der Waals surface area contributed by atoms with Crippen LogP contribution in [0.3, 0.4) is 0 Å². The topological polar surface area (TPSA) is 51.7 Å². The van der Waals surface area contributed by atoms with Crippen molar-refractivity contribution >= 4 is 22.9 Å². The van der Waals surface area contributed by atoms with E-state index in [0.29, 0.717) is 6.42 Å². The van der Waals surface area contributed by atoms with Crippen molar-refractivity contribution in [1.29, 1.82) is 0 Å². The zero-order valence-electron chi connectivity index (χ0n) is 15.5. The van der Waals surface area contributed by atoms with Crippen LogP contribution in [0.15, 0.2) is 41.8 Å². The first-order chi connectivity index (χ1) is 13.1.